The summed E-state index contributed by atoms with van der Waals surface area (Å²) in [5.74, 6) is 1.77. The molecule has 1 unspecified atom stereocenters. The first-order valence-electron chi connectivity index (χ1n) is 12.2. The summed E-state index contributed by atoms with van der Waals surface area (Å²) in [6.07, 6.45) is 6.74. The minimum atomic E-state index is -0.305. The molecule has 0 N–H and O–H groups in total. The summed E-state index contributed by atoms with van der Waals surface area (Å²) < 4.78 is 23.5. The minimum Gasteiger partial charge on any atom is -0.497 e. The molecule has 5 rings (SSSR count). The first-order chi connectivity index (χ1) is 15.6. The van der Waals surface area contributed by atoms with Crippen LogP contribution in [-0.2, 0) is 32.7 Å². The van der Waals surface area contributed by atoms with E-state index >= 15 is 0 Å². The van der Waals surface area contributed by atoms with Crippen molar-refractivity contribution in [3.8, 4) is 5.75 Å². The lowest BCUT2D eigenvalue weighted by Gasteiger charge is -2.46. The first kappa shape index (κ1) is 21.9. The van der Waals surface area contributed by atoms with Crippen LogP contribution in [0.5, 0.6) is 5.75 Å². The van der Waals surface area contributed by atoms with Crippen molar-refractivity contribution in [2.75, 3.05) is 26.9 Å². The standard InChI is InChI=1S/C28H36O4/c1-21(19-30-20-22-7-9-25(29-2)10-8-22)17-24-18-23-5-3-4-6-26(23)27(24)11-13-28(14-12-27)31-15-16-32-28/h3-10,21,24H,11-20H2,1-2H3/t21-,24?/m1/s1. The minimum absolute atomic E-state index is 0.265. The number of rotatable bonds is 7. The van der Waals surface area contributed by atoms with Gasteiger partial charge in [-0.25, -0.2) is 0 Å². The second-order valence-corrected chi connectivity index (χ2v) is 10.0. The molecule has 0 radical (unpaired) electrons. The van der Waals surface area contributed by atoms with Crippen molar-refractivity contribution in [2.45, 2.75) is 63.3 Å². The quantitative estimate of drug-likeness (QED) is 0.561. The van der Waals surface area contributed by atoms with E-state index in [9.17, 15) is 0 Å². The van der Waals surface area contributed by atoms with Gasteiger partial charge in [-0.3, -0.25) is 0 Å². The molecule has 2 atom stereocenters. The maximum Gasteiger partial charge on any atom is 0.168 e. The first-order valence-corrected chi connectivity index (χ1v) is 12.2. The zero-order valence-corrected chi connectivity index (χ0v) is 19.5. The number of hydrogen-bond donors (Lipinski definition) is 0. The van der Waals surface area contributed by atoms with Gasteiger partial charge in [-0.05, 0) is 71.8 Å². The zero-order chi connectivity index (χ0) is 22.0. The predicted octanol–water partition coefficient (Wildman–Crippen LogP) is 5.67. The van der Waals surface area contributed by atoms with Crippen LogP contribution in [0, 0.1) is 11.8 Å². The number of ether oxygens (including phenoxy) is 4. The van der Waals surface area contributed by atoms with Gasteiger partial charge >= 0.3 is 0 Å². The molecule has 0 bridgehead atoms. The Bertz CT molecular complexity index is 890. The van der Waals surface area contributed by atoms with Crippen molar-refractivity contribution < 1.29 is 18.9 Å². The number of benzene rings is 2. The normalized spacial score (nSPS) is 24.0. The van der Waals surface area contributed by atoms with Gasteiger partial charge in [-0.15, -0.1) is 0 Å². The van der Waals surface area contributed by atoms with Gasteiger partial charge in [-0.2, -0.15) is 0 Å². The third kappa shape index (κ3) is 4.21. The van der Waals surface area contributed by atoms with Gasteiger partial charge in [0.25, 0.3) is 0 Å². The molecule has 2 aromatic rings. The van der Waals surface area contributed by atoms with Gasteiger partial charge in [0.15, 0.2) is 5.79 Å². The Labute approximate surface area is 192 Å². The van der Waals surface area contributed by atoms with Gasteiger partial charge in [0.2, 0.25) is 0 Å². The fraction of sp³-hybridized carbons (Fsp3) is 0.571. The topological polar surface area (TPSA) is 36.9 Å². The van der Waals surface area contributed by atoms with Crippen molar-refractivity contribution in [1.29, 1.82) is 0 Å². The van der Waals surface area contributed by atoms with E-state index < -0.39 is 0 Å². The SMILES string of the molecule is COc1ccc(COC[C@H](C)CC2Cc3ccccc3C23CCC2(CC3)OCCO2)cc1. The predicted molar refractivity (Wildman–Crippen MR) is 125 cm³/mol. The largest absolute Gasteiger partial charge is 0.497 e. The molecule has 1 aliphatic heterocycles. The van der Waals surface area contributed by atoms with Crippen molar-refractivity contribution in [3.05, 3.63) is 65.2 Å². The van der Waals surface area contributed by atoms with Crippen LogP contribution in [0.25, 0.3) is 0 Å². The third-order valence-corrected chi connectivity index (χ3v) is 8.04. The third-order valence-electron chi connectivity index (χ3n) is 8.04. The number of hydrogen-bond acceptors (Lipinski definition) is 4. The van der Waals surface area contributed by atoms with Crippen LogP contribution in [0.1, 0.15) is 55.7 Å². The van der Waals surface area contributed by atoms with E-state index in [2.05, 4.69) is 43.3 Å². The van der Waals surface area contributed by atoms with E-state index in [0.717, 1.165) is 51.3 Å². The monoisotopic (exact) mass is 436 g/mol. The van der Waals surface area contributed by atoms with Crippen LogP contribution < -0.4 is 4.74 Å². The molecule has 4 nitrogen and oxygen atoms in total. The highest BCUT2D eigenvalue weighted by Crippen LogP contribution is 2.56. The van der Waals surface area contributed by atoms with E-state index in [4.69, 9.17) is 18.9 Å². The number of methoxy groups -OCH3 is 1. The smallest absolute Gasteiger partial charge is 0.168 e. The summed E-state index contributed by atoms with van der Waals surface area (Å²) in [7, 11) is 1.70. The van der Waals surface area contributed by atoms with Crippen molar-refractivity contribution >= 4 is 0 Å². The fourth-order valence-electron chi connectivity index (χ4n) is 6.37. The molecule has 32 heavy (non-hydrogen) atoms. The van der Waals surface area contributed by atoms with E-state index in [1.165, 1.54) is 18.4 Å². The zero-order valence-electron chi connectivity index (χ0n) is 19.5. The van der Waals surface area contributed by atoms with Crippen LogP contribution in [0.15, 0.2) is 48.5 Å². The second-order valence-electron chi connectivity index (χ2n) is 10.0. The van der Waals surface area contributed by atoms with E-state index in [-0.39, 0.29) is 11.2 Å². The Morgan fingerprint density at radius 2 is 1.69 bits per heavy atom. The molecule has 2 aliphatic carbocycles. The molecule has 0 amide bonds. The van der Waals surface area contributed by atoms with Gasteiger partial charge in [0.05, 0.1) is 26.9 Å². The van der Waals surface area contributed by atoms with Gasteiger partial charge in [0.1, 0.15) is 5.75 Å². The lowest BCUT2D eigenvalue weighted by molar-refractivity contribution is -0.188. The van der Waals surface area contributed by atoms with E-state index in [0.29, 0.717) is 18.4 Å². The maximum atomic E-state index is 6.11. The van der Waals surface area contributed by atoms with Crippen LogP contribution in [-0.4, -0.2) is 32.7 Å². The summed E-state index contributed by atoms with van der Waals surface area (Å²) in [6, 6.07) is 17.3. The highest BCUT2D eigenvalue weighted by molar-refractivity contribution is 5.41. The van der Waals surface area contributed by atoms with Crippen LogP contribution in [0.3, 0.4) is 0 Å². The molecule has 1 saturated heterocycles. The van der Waals surface area contributed by atoms with Crippen LogP contribution in [0.4, 0.5) is 0 Å². The summed E-state index contributed by atoms with van der Waals surface area (Å²) >= 11 is 0. The average molecular weight is 437 g/mol. The molecule has 2 spiro atoms. The molecule has 3 aliphatic rings. The van der Waals surface area contributed by atoms with Gasteiger partial charge in [-0.1, -0.05) is 43.3 Å². The Hall–Kier alpha value is -1.88. The van der Waals surface area contributed by atoms with Crippen LogP contribution >= 0.6 is 0 Å². The molecule has 1 heterocycles. The molecule has 2 aromatic carbocycles. The Balaban J connectivity index is 1.22. The highest BCUT2D eigenvalue weighted by atomic mass is 16.7. The van der Waals surface area contributed by atoms with E-state index in [1.807, 2.05) is 12.1 Å². The average Bonchev–Trinajstić information content (AvgIpc) is 3.39. The highest BCUT2D eigenvalue weighted by Gasteiger charge is 2.53. The Morgan fingerprint density at radius 1 is 0.969 bits per heavy atom. The maximum absolute atomic E-state index is 6.11. The van der Waals surface area contributed by atoms with Crippen molar-refractivity contribution in [3.63, 3.8) is 0 Å². The van der Waals surface area contributed by atoms with Crippen LogP contribution in [0.2, 0.25) is 0 Å². The molecule has 4 heteroatoms. The van der Waals surface area contributed by atoms with Gasteiger partial charge in [0, 0.05) is 19.4 Å². The molecule has 1 saturated carbocycles. The molecular weight excluding hydrogens is 400 g/mol. The van der Waals surface area contributed by atoms with E-state index in [1.54, 1.807) is 18.2 Å². The number of fused-ring (bicyclic) bond motifs is 2. The Morgan fingerprint density at radius 3 is 2.41 bits per heavy atom. The molecular formula is C28H36O4. The lowest BCUT2D eigenvalue weighted by Crippen LogP contribution is -2.44. The lowest BCUT2D eigenvalue weighted by atomic mass is 9.62. The summed E-state index contributed by atoms with van der Waals surface area (Å²) in [4.78, 5) is 0. The summed E-state index contributed by atoms with van der Waals surface area (Å²) in [5, 5.41) is 0. The Kier molecular flexibility index (Phi) is 6.28. The molecule has 0 aromatic heterocycles. The fourth-order valence-corrected chi connectivity index (χ4v) is 6.37. The molecule has 172 valence electrons. The van der Waals surface area contributed by atoms with Gasteiger partial charge < -0.3 is 18.9 Å². The van der Waals surface area contributed by atoms with Crippen molar-refractivity contribution in [2.24, 2.45) is 11.8 Å². The summed E-state index contributed by atoms with van der Waals surface area (Å²) in [5.41, 5.74) is 4.59. The van der Waals surface area contributed by atoms with Crippen molar-refractivity contribution in [1.82, 2.24) is 0 Å². The second kappa shape index (κ2) is 9.17. The molecule has 2 fully saturated rings. The summed E-state index contributed by atoms with van der Waals surface area (Å²) in [6.45, 7) is 5.29.